The number of phenolic OH excluding ortho intramolecular Hbond substituents is 2. The van der Waals surface area contributed by atoms with Gasteiger partial charge in [-0.1, -0.05) is 38.1 Å². The van der Waals surface area contributed by atoms with E-state index in [1.807, 2.05) is 38.1 Å². The van der Waals surface area contributed by atoms with Crippen LogP contribution in [-0.2, 0) is 5.41 Å². The zero-order valence-electron chi connectivity index (χ0n) is 20.4. The van der Waals surface area contributed by atoms with Crippen LogP contribution in [0.4, 0.5) is 22.7 Å². The zero-order chi connectivity index (χ0) is 26.7. The van der Waals surface area contributed by atoms with Crippen LogP contribution >= 0.6 is 0 Å². The minimum absolute atomic E-state index is 0.0675. The number of amides is 2. The number of nitrogen functional groups attached to an aromatic ring is 2. The van der Waals surface area contributed by atoms with Crippen LogP contribution < -0.4 is 22.1 Å². The van der Waals surface area contributed by atoms with Crippen molar-refractivity contribution in [2.45, 2.75) is 19.3 Å². The number of hydrogen-bond acceptors (Lipinski definition) is 6. The molecule has 8 heteroatoms. The number of hydrogen-bond donors (Lipinski definition) is 6. The normalized spacial score (nSPS) is 11.1. The van der Waals surface area contributed by atoms with E-state index in [2.05, 4.69) is 10.6 Å². The predicted molar refractivity (Wildman–Crippen MR) is 146 cm³/mol. The van der Waals surface area contributed by atoms with Gasteiger partial charge in [0.15, 0.2) is 0 Å². The monoisotopic (exact) mass is 496 g/mol. The van der Waals surface area contributed by atoms with E-state index < -0.39 is 5.41 Å². The Bertz CT molecular complexity index is 1350. The van der Waals surface area contributed by atoms with E-state index in [9.17, 15) is 19.8 Å². The van der Waals surface area contributed by atoms with Gasteiger partial charge in [0.05, 0.1) is 11.4 Å². The number of benzene rings is 4. The number of carbonyl (C=O) groups is 2. The zero-order valence-corrected chi connectivity index (χ0v) is 20.4. The Labute approximate surface area is 214 Å². The molecule has 37 heavy (non-hydrogen) atoms. The van der Waals surface area contributed by atoms with Gasteiger partial charge < -0.3 is 32.3 Å². The van der Waals surface area contributed by atoms with Gasteiger partial charge in [-0.3, -0.25) is 9.59 Å². The number of nitrogens with one attached hydrogen (secondary N) is 2. The van der Waals surface area contributed by atoms with Crippen LogP contribution in [0.15, 0.2) is 84.9 Å². The lowest BCUT2D eigenvalue weighted by Crippen LogP contribution is -2.20. The molecule has 2 amide bonds. The maximum absolute atomic E-state index is 12.7. The van der Waals surface area contributed by atoms with Crippen LogP contribution in [0.5, 0.6) is 11.5 Å². The van der Waals surface area contributed by atoms with Crippen LogP contribution in [0.3, 0.4) is 0 Å². The molecule has 188 valence electrons. The van der Waals surface area contributed by atoms with Crippen molar-refractivity contribution in [3.63, 3.8) is 0 Å². The summed E-state index contributed by atoms with van der Waals surface area (Å²) in [6.07, 6.45) is 0. The molecular formula is C29H28N4O4. The van der Waals surface area contributed by atoms with E-state index in [4.69, 9.17) is 11.5 Å². The highest BCUT2D eigenvalue weighted by molar-refractivity contribution is 6.06. The van der Waals surface area contributed by atoms with Gasteiger partial charge in [0.25, 0.3) is 11.8 Å². The number of anilines is 4. The lowest BCUT2D eigenvalue weighted by molar-refractivity contribution is 0.101. The van der Waals surface area contributed by atoms with E-state index in [0.717, 1.165) is 11.1 Å². The molecule has 0 aliphatic carbocycles. The van der Waals surface area contributed by atoms with Gasteiger partial charge >= 0.3 is 0 Å². The second-order valence-corrected chi connectivity index (χ2v) is 9.24. The average Bonchev–Trinajstić information content (AvgIpc) is 2.88. The molecule has 8 nitrogen and oxygen atoms in total. The number of nitrogens with two attached hydrogens (primary N) is 2. The smallest absolute Gasteiger partial charge is 0.255 e. The second kappa shape index (κ2) is 9.94. The molecule has 0 fully saturated rings. The fourth-order valence-corrected chi connectivity index (χ4v) is 3.94. The summed E-state index contributed by atoms with van der Waals surface area (Å²) < 4.78 is 0. The van der Waals surface area contributed by atoms with E-state index in [0.29, 0.717) is 22.5 Å². The lowest BCUT2D eigenvalue weighted by atomic mass is 9.77. The Kier molecular flexibility index (Phi) is 6.75. The largest absolute Gasteiger partial charge is 0.506 e. The van der Waals surface area contributed by atoms with E-state index in [-0.39, 0.29) is 34.7 Å². The third-order valence-corrected chi connectivity index (χ3v) is 6.28. The Morgan fingerprint density at radius 3 is 1.32 bits per heavy atom. The average molecular weight is 497 g/mol. The summed E-state index contributed by atoms with van der Waals surface area (Å²) in [5.74, 6) is -0.872. The Morgan fingerprint density at radius 2 is 0.973 bits per heavy atom. The molecule has 0 atom stereocenters. The molecule has 0 aromatic heterocycles. The van der Waals surface area contributed by atoms with Crippen LogP contribution in [0.1, 0.15) is 45.7 Å². The molecular weight excluding hydrogens is 468 g/mol. The van der Waals surface area contributed by atoms with Crippen molar-refractivity contribution in [3.8, 4) is 11.5 Å². The van der Waals surface area contributed by atoms with Crippen LogP contribution in [0.25, 0.3) is 0 Å². The molecule has 0 aliphatic rings. The molecule has 0 bridgehead atoms. The Balaban J connectivity index is 1.47. The predicted octanol–water partition coefficient (Wildman–Crippen LogP) is 5.09. The van der Waals surface area contributed by atoms with Crippen molar-refractivity contribution < 1.29 is 19.8 Å². The molecule has 0 radical (unpaired) electrons. The lowest BCUT2D eigenvalue weighted by Gasteiger charge is -2.26. The van der Waals surface area contributed by atoms with Crippen molar-refractivity contribution >= 4 is 34.6 Å². The fourth-order valence-electron chi connectivity index (χ4n) is 3.94. The van der Waals surface area contributed by atoms with Crippen LogP contribution in [0.2, 0.25) is 0 Å². The number of carbonyl (C=O) groups excluding carboxylic acids is 2. The molecule has 0 unspecified atom stereocenters. The molecule has 4 aromatic rings. The first-order valence-electron chi connectivity index (χ1n) is 11.6. The number of aromatic hydroxyl groups is 2. The molecule has 0 saturated heterocycles. The SMILES string of the molecule is CC(C)(c1ccc(C(=O)Nc2cc(N)ccc2O)cc1)c1ccc(C(=O)Nc2cc(N)ccc2O)cc1. The third kappa shape index (κ3) is 5.48. The summed E-state index contributed by atoms with van der Waals surface area (Å²) in [5, 5.41) is 25.2. The summed E-state index contributed by atoms with van der Waals surface area (Å²) in [4.78, 5) is 25.3. The highest BCUT2D eigenvalue weighted by atomic mass is 16.3. The van der Waals surface area contributed by atoms with E-state index in [1.54, 1.807) is 36.4 Å². The third-order valence-electron chi connectivity index (χ3n) is 6.28. The molecule has 0 aliphatic heterocycles. The quantitative estimate of drug-likeness (QED) is 0.124. The first-order chi connectivity index (χ1) is 17.5. The van der Waals surface area contributed by atoms with E-state index >= 15 is 0 Å². The Hall–Kier alpha value is -4.98. The van der Waals surface area contributed by atoms with Crippen molar-refractivity contribution in [3.05, 3.63) is 107 Å². The van der Waals surface area contributed by atoms with Crippen molar-refractivity contribution in [2.75, 3.05) is 22.1 Å². The summed E-state index contributed by atoms with van der Waals surface area (Å²) in [5.41, 5.74) is 15.2. The maximum atomic E-state index is 12.7. The minimum atomic E-state index is -0.414. The topological polar surface area (TPSA) is 151 Å². The highest BCUT2D eigenvalue weighted by Crippen LogP contribution is 2.33. The van der Waals surface area contributed by atoms with Gasteiger partial charge in [-0.05, 0) is 71.8 Å². The van der Waals surface area contributed by atoms with Crippen molar-refractivity contribution in [2.24, 2.45) is 0 Å². The number of phenols is 2. The Morgan fingerprint density at radius 1 is 0.622 bits per heavy atom. The molecule has 4 rings (SSSR count). The maximum Gasteiger partial charge on any atom is 0.255 e. The van der Waals surface area contributed by atoms with E-state index in [1.165, 1.54) is 24.3 Å². The fraction of sp³-hybridized carbons (Fsp3) is 0.103. The van der Waals surface area contributed by atoms with Gasteiger partial charge in [-0.25, -0.2) is 0 Å². The number of rotatable bonds is 6. The van der Waals surface area contributed by atoms with Crippen LogP contribution in [-0.4, -0.2) is 22.0 Å². The van der Waals surface area contributed by atoms with Gasteiger partial charge in [0.1, 0.15) is 11.5 Å². The standard InChI is InChI=1S/C29H28N4O4/c1-29(2,19-7-3-17(4-8-19)27(36)32-23-15-21(30)11-13-25(23)34)20-9-5-18(6-10-20)28(37)33-24-16-22(31)12-14-26(24)35/h3-16,34-35H,30-31H2,1-2H3,(H,32,36)(H,33,37). The summed E-state index contributed by atoms with van der Waals surface area (Å²) in [7, 11) is 0. The van der Waals surface area contributed by atoms with Crippen molar-refractivity contribution in [1.29, 1.82) is 0 Å². The first-order valence-corrected chi connectivity index (χ1v) is 11.6. The molecule has 8 N–H and O–H groups in total. The van der Waals surface area contributed by atoms with Gasteiger partial charge in [0.2, 0.25) is 0 Å². The molecule has 0 saturated carbocycles. The van der Waals surface area contributed by atoms with Gasteiger partial charge in [-0.2, -0.15) is 0 Å². The van der Waals surface area contributed by atoms with Gasteiger partial charge in [0, 0.05) is 27.9 Å². The van der Waals surface area contributed by atoms with Gasteiger partial charge in [-0.15, -0.1) is 0 Å². The summed E-state index contributed by atoms with van der Waals surface area (Å²) in [6, 6.07) is 23.3. The summed E-state index contributed by atoms with van der Waals surface area (Å²) >= 11 is 0. The van der Waals surface area contributed by atoms with Crippen LogP contribution in [0, 0.1) is 0 Å². The molecule has 4 aromatic carbocycles. The highest BCUT2D eigenvalue weighted by Gasteiger charge is 2.24. The first kappa shape index (κ1) is 25.1. The minimum Gasteiger partial charge on any atom is -0.506 e. The molecule has 0 heterocycles. The second-order valence-electron chi connectivity index (χ2n) is 9.24. The summed E-state index contributed by atoms with van der Waals surface area (Å²) in [6.45, 7) is 4.10. The molecule has 0 spiro atoms. The van der Waals surface area contributed by atoms with Crippen molar-refractivity contribution in [1.82, 2.24) is 0 Å².